The van der Waals surface area contributed by atoms with Crippen molar-refractivity contribution in [1.82, 2.24) is 5.32 Å². The van der Waals surface area contributed by atoms with E-state index in [1.807, 2.05) is 25.1 Å². The predicted molar refractivity (Wildman–Crippen MR) is 60.7 cm³/mol. The van der Waals surface area contributed by atoms with E-state index in [0.717, 1.165) is 11.0 Å². The van der Waals surface area contributed by atoms with Crippen LogP contribution in [-0.2, 0) is 6.54 Å². The molecular formula is C11H13BrN2. The molecule has 0 radical (unpaired) electrons. The number of nitriles is 1. The molecule has 0 saturated carbocycles. The quantitative estimate of drug-likeness (QED) is 0.895. The summed E-state index contributed by atoms with van der Waals surface area (Å²) >= 11 is 3.48. The molecule has 0 bridgehead atoms. The third-order valence-electron chi connectivity index (χ3n) is 2.00. The third kappa shape index (κ3) is 3.49. The van der Waals surface area contributed by atoms with Crippen LogP contribution in [0, 0.1) is 11.3 Å². The minimum absolute atomic E-state index is 0.243. The number of rotatable bonds is 4. The van der Waals surface area contributed by atoms with Crippen LogP contribution in [0.1, 0.15) is 18.9 Å². The maximum Gasteiger partial charge on any atom is 0.0638 e. The number of halogens is 1. The molecule has 1 N–H and O–H groups in total. The van der Waals surface area contributed by atoms with E-state index in [1.165, 1.54) is 5.56 Å². The second-order valence-corrected chi connectivity index (χ2v) is 4.09. The lowest BCUT2D eigenvalue weighted by atomic mass is 10.2. The van der Waals surface area contributed by atoms with Crippen molar-refractivity contribution in [2.24, 2.45) is 0 Å². The Kier molecular flexibility index (Phi) is 4.64. The highest BCUT2D eigenvalue weighted by Gasteiger charge is 2.02. The first-order valence-corrected chi connectivity index (χ1v) is 5.37. The van der Waals surface area contributed by atoms with Gasteiger partial charge in [0.15, 0.2) is 0 Å². The van der Waals surface area contributed by atoms with Gasteiger partial charge in [0.2, 0.25) is 0 Å². The highest BCUT2D eigenvalue weighted by molar-refractivity contribution is 9.10. The first-order chi connectivity index (χ1) is 6.74. The molecule has 1 rings (SSSR count). The molecule has 0 aliphatic heterocycles. The Morgan fingerprint density at radius 2 is 2.21 bits per heavy atom. The van der Waals surface area contributed by atoms with E-state index in [1.54, 1.807) is 0 Å². The van der Waals surface area contributed by atoms with Crippen molar-refractivity contribution in [1.29, 1.82) is 5.26 Å². The summed E-state index contributed by atoms with van der Waals surface area (Å²) in [5.74, 6) is 0. The zero-order chi connectivity index (χ0) is 10.4. The van der Waals surface area contributed by atoms with Crippen LogP contribution in [0.15, 0.2) is 28.7 Å². The van der Waals surface area contributed by atoms with Crippen LogP contribution in [-0.4, -0.2) is 6.04 Å². The first-order valence-electron chi connectivity index (χ1n) is 4.57. The lowest BCUT2D eigenvalue weighted by molar-refractivity contribution is 0.556. The predicted octanol–water partition coefficient (Wildman–Crippen LogP) is 2.84. The van der Waals surface area contributed by atoms with E-state index in [4.69, 9.17) is 5.26 Å². The summed E-state index contributed by atoms with van der Waals surface area (Å²) in [6.07, 6.45) is 0.546. The van der Waals surface area contributed by atoms with Crippen LogP contribution in [0.4, 0.5) is 0 Å². The second kappa shape index (κ2) is 5.79. The molecule has 0 saturated heterocycles. The standard InChI is InChI=1S/C11H13BrN2/c1-9(6-7-13)14-8-10-4-2-3-5-11(10)12/h2-5,9,14H,6,8H2,1H3. The highest BCUT2D eigenvalue weighted by Crippen LogP contribution is 2.15. The lowest BCUT2D eigenvalue weighted by Gasteiger charge is -2.10. The molecule has 74 valence electrons. The Morgan fingerprint density at radius 3 is 2.86 bits per heavy atom. The summed E-state index contributed by atoms with van der Waals surface area (Å²) in [6, 6.07) is 10.5. The van der Waals surface area contributed by atoms with Gasteiger partial charge in [-0.05, 0) is 18.6 Å². The van der Waals surface area contributed by atoms with E-state index in [0.29, 0.717) is 6.42 Å². The molecule has 0 amide bonds. The number of nitrogens with zero attached hydrogens (tertiary/aromatic N) is 1. The zero-order valence-corrected chi connectivity index (χ0v) is 9.71. The largest absolute Gasteiger partial charge is 0.309 e. The van der Waals surface area contributed by atoms with E-state index in [-0.39, 0.29) is 6.04 Å². The van der Waals surface area contributed by atoms with Crippen molar-refractivity contribution in [2.45, 2.75) is 25.9 Å². The molecule has 1 aromatic carbocycles. The smallest absolute Gasteiger partial charge is 0.0638 e. The Labute approximate surface area is 93.1 Å². The summed E-state index contributed by atoms with van der Waals surface area (Å²) < 4.78 is 1.11. The van der Waals surface area contributed by atoms with Gasteiger partial charge >= 0.3 is 0 Å². The van der Waals surface area contributed by atoms with Gasteiger partial charge in [-0.15, -0.1) is 0 Å². The Morgan fingerprint density at radius 1 is 1.50 bits per heavy atom. The van der Waals surface area contributed by atoms with Gasteiger partial charge in [0, 0.05) is 17.1 Å². The number of benzene rings is 1. The molecule has 0 spiro atoms. The van der Waals surface area contributed by atoms with E-state index in [2.05, 4.69) is 33.4 Å². The summed E-state index contributed by atoms with van der Waals surface area (Å²) in [4.78, 5) is 0. The normalized spacial score (nSPS) is 12.1. The molecule has 1 aromatic rings. The average Bonchev–Trinajstić information content (AvgIpc) is 2.17. The summed E-state index contributed by atoms with van der Waals surface area (Å²) in [5, 5.41) is 11.8. The van der Waals surface area contributed by atoms with Gasteiger partial charge in [-0.3, -0.25) is 0 Å². The van der Waals surface area contributed by atoms with E-state index in [9.17, 15) is 0 Å². The molecule has 0 aliphatic rings. The van der Waals surface area contributed by atoms with Crippen LogP contribution in [0.3, 0.4) is 0 Å². The van der Waals surface area contributed by atoms with Gasteiger partial charge in [-0.1, -0.05) is 34.1 Å². The molecule has 1 atom stereocenters. The van der Waals surface area contributed by atoms with Crippen molar-refractivity contribution in [2.75, 3.05) is 0 Å². The van der Waals surface area contributed by atoms with Crippen molar-refractivity contribution in [3.8, 4) is 6.07 Å². The van der Waals surface area contributed by atoms with Gasteiger partial charge in [0.25, 0.3) is 0 Å². The maximum absolute atomic E-state index is 8.49. The third-order valence-corrected chi connectivity index (χ3v) is 2.77. The molecule has 3 heteroatoms. The van der Waals surface area contributed by atoms with Crippen molar-refractivity contribution in [3.63, 3.8) is 0 Å². The lowest BCUT2D eigenvalue weighted by Crippen LogP contribution is -2.24. The number of hydrogen-bond acceptors (Lipinski definition) is 2. The molecule has 1 unspecified atom stereocenters. The number of nitrogens with one attached hydrogen (secondary N) is 1. The van der Waals surface area contributed by atoms with Crippen molar-refractivity contribution >= 4 is 15.9 Å². The van der Waals surface area contributed by atoms with Crippen molar-refractivity contribution in [3.05, 3.63) is 34.3 Å². The molecule has 2 nitrogen and oxygen atoms in total. The second-order valence-electron chi connectivity index (χ2n) is 3.24. The average molecular weight is 253 g/mol. The molecule has 0 heterocycles. The van der Waals surface area contributed by atoms with Crippen LogP contribution in [0.5, 0.6) is 0 Å². The number of hydrogen-bond donors (Lipinski definition) is 1. The fourth-order valence-corrected chi connectivity index (χ4v) is 1.56. The maximum atomic E-state index is 8.49. The van der Waals surface area contributed by atoms with Crippen LogP contribution in [0.2, 0.25) is 0 Å². The van der Waals surface area contributed by atoms with E-state index < -0.39 is 0 Å². The van der Waals surface area contributed by atoms with E-state index >= 15 is 0 Å². The fraction of sp³-hybridized carbons (Fsp3) is 0.364. The minimum Gasteiger partial charge on any atom is -0.309 e. The minimum atomic E-state index is 0.243. The first kappa shape index (κ1) is 11.2. The van der Waals surface area contributed by atoms with Crippen LogP contribution < -0.4 is 5.32 Å². The van der Waals surface area contributed by atoms with Gasteiger partial charge in [-0.2, -0.15) is 5.26 Å². The highest BCUT2D eigenvalue weighted by atomic mass is 79.9. The van der Waals surface area contributed by atoms with Crippen LogP contribution >= 0.6 is 15.9 Å². The summed E-state index contributed by atoms with van der Waals surface area (Å²) in [5.41, 5.74) is 1.22. The Hall–Kier alpha value is -0.850. The summed E-state index contributed by atoms with van der Waals surface area (Å²) in [7, 11) is 0. The van der Waals surface area contributed by atoms with Gasteiger partial charge in [0.1, 0.15) is 0 Å². The molecule has 0 aliphatic carbocycles. The van der Waals surface area contributed by atoms with Crippen molar-refractivity contribution < 1.29 is 0 Å². The zero-order valence-electron chi connectivity index (χ0n) is 8.13. The monoisotopic (exact) mass is 252 g/mol. The Bertz CT molecular complexity index is 330. The molecule has 0 fully saturated rings. The topological polar surface area (TPSA) is 35.8 Å². The molecule has 14 heavy (non-hydrogen) atoms. The molecule has 0 aromatic heterocycles. The Balaban J connectivity index is 2.46. The molecular weight excluding hydrogens is 240 g/mol. The fourth-order valence-electron chi connectivity index (χ4n) is 1.14. The van der Waals surface area contributed by atoms with Gasteiger partial charge in [-0.25, -0.2) is 0 Å². The summed E-state index contributed by atoms with van der Waals surface area (Å²) in [6.45, 7) is 2.81. The SMILES string of the molecule is CC(CC#N)NCc1ccccc1Br. The van der Waals surface area contributed by atoms with Gasteiger partial charge < -0.3 is 5.32 Å². The van der Waals surface area contributed by atoms with Crippen LogP contribution in [0.25, 0.3) is 0 Å². The van der Waals surface area contributed by atoms with Gasteiger partial charge in [0.05, 0.1) is 12.5 Å².